The molecule has 68 nitrogen and oxygen atoms in total. The van der Waals surface area contributed by atoms with Crippen molar-refractivity contribution in [2.24, 2.45) is 23.3 Å². The number of rotatable bonds is 32. The van der Waals surface area contributed by atoms with Crippen LogP contribution < -0.4 is 34.4 Å². The highest BCUT2D eigenvalue weighted by molar-refractivity contribution is 7.68. The van der Waals surface area contributed by atoms with E-state index < -0.39 is 200 Å². The molecule has 22 atom stereocenters. The van der Waals surface area contributed by atoms with E-state index in [9.17, 15) is 84.6 Å². The summed E-state index contributed by atoms with van der Waals surface area (Å²) < 4.78 is 211. The molecule has 0 saturated carbocycles. The van der Waals surface area contributed by atoms with Gasteiger partial charge in [0, 0.05) is 5.92 Å². The number of aliphatic hydroxyl groups is 2. The highest BCUT2D eigenvalue weighted by Gasteiger charge is 2.50. The molecular weight excluding hydrogens is 1920 g/mol. The Balaban J connectivity index is 0.000000185. The number of aliphatic hydroxyl groups excluding tert-OH is 2. The Kier molecular flexibility index (Phi) is 31.8. The van der Waals surface area contributed by atoms with Crippen LogP contribution in [0.1, 0.15) is 51.6 Å². The van der Waals surface area contributed by atoms with Gasteiger partial charge in [0.25, 0.3) is 0 Å². The van der Waals surface area contributed by atoms with Crippen LogP contribution in [0.3, 0.4) is 0 Å². The molecule has 22 unspecified atom stereocenters. The number of phosphoric ester groups is 4. The molecule has 0 radical (unpaired) electrons. The Morgan fingerprint density at radius 3 is 1.02 bits per heavy atom. The Labute approximate surface area is 675 Å². The molecule has 4 aliphatic heterocycles. The predicted molar refractivity (Wildman–Crippen MR) is 389 cm³/mol. The molecule has 0 amide bonds. The summed E-state index contributed by atoms with van der Waals surface area (Å²) >= 11 is 0. The molecule has 0 aromatic carbocycles. The maximum Gasteiger partial charge on any atom is 0.490 e. The second-order valence-corrected chi connectivity index (χ2v) is 42.5. The molecule has 4 aliphatic rings. The highest BCUT2D eigenvalue weighted by atomic mass is 31.3. The second kappa shape index (κ2) is 38.6. The normalized spacial score (nSPS) is 27.5. The summed E-state index contributed by atoms with van der Waals surface area (Å²) in [4.78, 5) is 191. The van der Waals surface area contributed by atoms with Gasteiger partial charge in [0.05, 0.1) is 82.1 Å². The van der Waals surface area contributed by atoms with Crippen LogP contribution in [0.15, 0.2) is 50.6 Å². The highest BCUT2D eigenvalue weighted by Crippen LogP contribution is 2.70. The largest absolute Gasteiger partial charge is 0.490 e. The third kappa shape index (κ3) is 27.9. The lowest BCUT2D eigenvalue weighted by molar-refractivity contribution is -0.0485. The lowest BCUT2D eigenvalue weighted by Crippen LogP contribution is -2.40. The topological polar surface area (TPSA) is 1050 Å². The van der Waals surface area contributed by atoms with Gasteiger partial charge < -0.3 is 142 Å². The van der Waals surface area contributed by atoms with Gasteiger partial charge in [-0.1, -0.05) is 13.8 Å². The van der Waals surface area contributed by atoms with Crippen molar-refractivity contribution in [1.29, 1.82) is 0 Å². The summed E-state index contributed by atoms with van der Waals surface area (Å²) in [7, 11) is -65.7. The van der Waals surface area contributed by atoms with Crippen LogP contribution in [-0.2, 0) is 126 Å². The molecule has 8 aromatic heterocycles. The zero-order valence-electron chi connectivity index (χ0n) is 60.4. The summed E-state index contributed by atoms with van der Waals surface area (Å²) in [6.07, 6.45) is 0.850. The number of hydrogen-bond donors (Lipinski definition) is 24. The molecule has 122 heavy (non-hydrogen) atoms. The lowest BCUT2D eigenvalue weighted by Gasteiger charge is -2.19. The number of nitrogens with two attached hydrogens (primary N) is 6. The number of aromatic nitrogens is 16. The van der Waals surface area contributed by atoms with Crippen molar-refractivity contribution in [3.8, 4) is 0 Å². The molecule has 12 heterocycles. The first-order valence-electron chi connectivity index (χ1n) is 32.2. The van der Waals surface area contributed by atoms with Gasteiger partial charge in [0.2, 0.25) is 0 Å². The van der Waals surface area contributed by atoms with Crippen molar-refractivity contribution in [3.63, 3.8) is 0 Å². The van der Waals surface area contributed by atoms with E-state index in [1.54, 1.807) is 11.5 Å². The van der Waals surface area contributed by atoms with Crippen molar-refractivity contribution < 1.29 is 215 Å². The zero-order chi connectivity index (χ0) is 91.0. The third-order valence-electron chi connectivity index (χ3n) is 15.9. The number of imidazole rings is 4. The molecule has 8 aromatic rings. The fourth-order valence-electron chi connectivity index (χ4n) is 11.0. The van der Waals surface area contributed by atoms with E-state index in [1.165, 1.54) is 71.2 Å². The summed E-state index contributed by atoms with van der Waals surface area (Å²) in [5.74, 6) is -0.343. The zero-order valence-corrected chi connectivity index (χ0v) is 71.1. The molecular formula is C42H70N22O46P12. The van der Waals surface area contributed by atoms with Gasteiger partial charge in [-0.15, -0.1) is 0 Å². The summed E-state index contributed by atoms with van der Waals surface area (Å²) in [6.45, 7) is 0.579. The number of phosphoric acid groups is 12. The number of nitrogens with zero attached hydrogens (tertiary/aromatic N) is 16. The maximum atomic E-state index is 11.9. The van der Waals surface area contributed by atoms with E-state index in [4.69, 9.17) is 112 Å². The van der Waals surface area contributed by atoms with Crippen molar-refractivity contribution in [2.45, 2.75) is 100 Å². The van der Waals surface area contributed by atoms with Crippen LogP contribution in [0.25, 0.3) is 44.7 Å². The standard InChI is InChI=1S/C11H18N5O12P3.C11H18N5O11P3.C10H17N6O12P3.C10H17N6O11P3/c1-5-6(2-25-30(21,22)28-31(23,24)27-29(18,19)20)26-11(8(5)17)16-4-15-7-9(12)13-3-14-10(7)16;1-6-2-8(16-5-15-9-10(12)13-4-14-11(9)16)25-7(6)3-24-29(20,21)27-30(22,23)26-28(17,18)19;11-5-7(17)4(1-25-30(21,22)28-31(23,24)27-29(18,19)20)26-10(5)16-3-15-6-8(12)13-2-14-9(6)16;11-6-1-5(2-24-29(20,21)27-30(22,23)26-28(17,18)19)25-10(6)16-4-15-7-8(12)13-3-14-9(7)16/h3-6,8,11,17H,2H2,1H3,(H,21,22)(H,23,24)(H2,12,13,14)(H2,18,19,20);4-8H,2-3H2,1H3,(H,20,21)(H,22,23)(H2,12,13,14)(H2,17,18,19);2-5,7,10,17H,1,11H2,(H,21,22)(H,23,24)(H2,12,13,14)(H2,18,19,20);3-6,10H,1-2,11H2,(H,20,21)(H,22,23)(H2,12,13,14)(H2,17,18,19). The van der Waals surface area contributed by atoms with E-state index >= 15 is 0 Å². The van der Waals surface area contributed by atoms with Crippen LogP contribution in [0.4, 0.5) is 23.3 Å². The SMILES string of the molecule is CC1C(COP(=O)(O)OP(=O)(O)OP(=O)(O)O)OC(n2cnc3c(N)ncnc32)C1O.CC1CC(n2cnc3c(N)ncnc32)OC1COP(=O)(O)OP(=O)(O)OP(=O)(O)O.Nc1ncnc2c1ncn2C1OC(COP(=O)(O)OP(=O)(O)OP(=O)(O)O)C(O)C1N.Nc1ncnc2c1ncn2C1OC(COP(=O)(O)OP(=O)(O)OP(=O)(O)O)CC1N. The monoisotopic (exact) mass is 1990 g/mol. The van der Waals surface area contributed by atoms with Gasteiger partial charge in [-0.3, -0.25) is 36.4 Å². The molecule has 0 bridgehead atoms. The minimum atomic E-state index is -5.68. The Morgan fingerprint density at radius 1 is 0.352 bits per heavy atom. The smallest absolute Gasteiger partial charge is 0.389 e. The number of hydrogen-bond acceptors (Lipinski definition) is 48. The number of ether oxygens (including phenoxy) is 4. The summed E-state index contributed by atoms with van der Waals surface area (Å²) in [5.41, 5.74) is 37.3. The van der Waals surface area contributed by atoms with Gasteiger partial charge in [-0.05, 0) is 18.8 Å². The van der Waals surface area contributed by atoms with Crippen molar-refractivity contribution in [3.05, 3.63) is 50.6 Å². The number of fused-ring (bicyclic) bond motifs is 4. The first-order valence-corrected chi connectivity index (χ1v) is 50.3. The van der Waals surface area contributed by atoms with Crippen LogP contribution >= 0.6 is 93.9 Å². The van der Waals surface area contributed by atoms with Gasteiger partial charge >= 0.3 is 93.9 Å². The lowest BCUT2D eigenvalue weighted by atomic mass is 10.0. The molecule has 4 saturated heterocycles. The van der Waals surface area contributed by atoms with E-state index in [2.05, 4.69) is 112 Å². The molecule has 12 rings (SSSR count). The Bertz CT molecular complexity index is 5540. The van der Waals surface area contributed by atoms with Crippen LogP contribution in [0, 0.1) is 11.8 Å². The van der Waals surface area contributed by atoms with Gasteiger partial charge in [0.15, 0.2) is 64.5 Å². The Morgan fingerprint density at radius 2 is 0.656 bits per heavy atom. The average Bonchev–Trinajstić information content (AvgIpc) is 1.65. The van der Waals surface area contributed by atoms with E-state index in [0.717, 1.165) is 0 Å². The average molecular weight is 1990 g/mol. The fraction of sp³-hybridized carbons (Fsp3) is 0.524. The number of nitrogen functional groups attached to an aromatic ring is 4. The van der Waals surface area contributed by atoms with Crippen LogP contribution in [0.2, 0.25) is 0 Å². The molecule has 684 valence electrons. The number of anilines is 4. The van der Waals surface area contributed by atoms with Crippen molar-refractivity contribution in [2.75, 3.05) is 49.4 Å². The third-order valence-corrected chi connectivity index (χ3v) is 31.1. The van der Waals surface area contributed by atoms with Crippen LogP contribution in [0.5, 0.6) is 0 Å². The maximum absolute atomic E-state index is 11.9. The first kappa shape index (κ1) is 100. The van der Waals surface area contributed by atoms with Gasteiger partial charge in [-0.2, -0.15) is 34.5 Å². The summed E-state index contributed by atoms with van der Waals surface area (Å²) in [6, 6.07) is -1.71. The Hall–Kier alpha value is -5.28. The molecule has 80 heteroatoms. The molecule has 0 aliphatic carbocycles. The molecule has 0 spiro atoms. The van der Waals surface area contributed by atoms with E-state index in [0.29, 0.717) is 28.7 Å². The fourth-order valence-corrected chi connectivity index (χ4v) is 23.1. The van der Waals surface area contributed by atoms with Gasteiger partial charge in [0.1, 0.15) is 71.9 Å². The van der Waals surface area contributed by atoms with Crippen molar-refractivity contribution >= 4 is 162 Å². The summed E-state index contributed by atoms with van der Waals surface area (Å²) in [5, 5.41) is 20.8. The van der Waals surface area contributed by atoms with Crippen molar-refractivity contribution in [1.82, 2.24) is 78.1 Å². The minimum absolute atomic E-state index is 0.0834. The van der Waals surface area contributed by atoms with Gasteiger partial charge in [-0.25, -0.2) is 115 Å². The second-order valence-electron chi connectivity index (χ2n) is 24.8. The quantitative estimate of drug-likeness (QED) is 0.0203. The first-order chi connectivity index (χ1) is 55.9. The van der Waals surface area contributed by atoms with E-state index in [-0.39, 0.29) is 57.9 Å². The predicted octanol–water partition coefficient (Wildman–Crippen LogP) is -1.97. The van der Waals surface area contributed by atoms with E-state index in [1.807, 2.05) is 0 Å². The molecule has 30 N–H and O–H groups in total. The molecule has 4 fully saturated rings. The van der Waals surface area contributed by atoms with Crippen LogP contribution in [-0.4, -0.2) is 242 Å². The minimum Gasteiger partial charge on any atom is -0.389 e.